The monoisotopic (exact) mass is 218 g/mol. The summed E-state index contributed by atoms with van der Waals surface area (Å²) >= 11 is 0. The van der Waals surface area contributed by atoms with Gasteiger partial charge in [0.05, 0.1) is 19.8 Å². The zero-order chi connectivity index (χ0) is 11.4. The molecule has 15 heavy (non-hydrogen) atoms. The number of hydrogen-bond donors (Lipinski definition) is 1. The van der Waals surface area contributed by atoms with Crippen LogP contribution in [-0.4, -0.2) is 19.2 Å². The van der Waals surface area contributed by atoms with Crippen molar-refractivity contribution in [1.82, 2.24) is 4.98 Å². The number of ether oxygens (including phenoxy) is 2. The summed E-state index contributed by atoms with van der Waals surface area (Å²) in [7, 11) is 2.62. The largest absolute Gasteiger partial charge is 0.491 e. The van der Waals surface area contributed by atoms with Gasteiger partial charge in [0, 0.05) is 12.7 Å². The lowest BCUT2D eigenvalue weighted by molar-refractivity contribution is 0.144. The average Bonchev–Trinajstić information content (AvgIpc) is 2.26. The minimum absolute atomic E-state index is 0.0208. The van der Waals surface area contributed by atoms with Crippen LogP contribution in [0.5, 0.6) is 11.6 Å². The number of aromatic nitrogens is 1. The zero-order valence-electron chi connectivity index (χ0n) is 8.46. The number of methoxy groups -OCH3 is 2. The second-order valence-corrected chi connectivity index (χ2v) is 2.74. The molecule has 0 unspecified atom stereocenters. The summed E-state index contributed by atoms with van der Waals surface area (Å²) in [6.45, 7) is -0.0208. The first-order valence-electron chi connectivity index (χ1n) is 4.23. The highest BCUT2D eigenvalue weighted by molar-refractivity contribution is 5.46. The van der Waals surface area contributed by atoms with Gasteiger partial charge in [-0.15, -0.1) is 0 Å². The first-order valence-corrected chi connectivity index (χ1v) is 4.23. The fourth-order valence-electron chi connectivity index (χ4n) is 1.27. The first-order chi connectivity index (χ1) is 7.15. The number of pyridine rings is 1. The van der Waals surface area contributed by atoms with E-state index < -0.39 is 6.43 Å². The molecule has 0 saturated carbocycles. The molecular formula is C9H12F2N2O2. The Balaban J connectivity index is 3.37. The molecule has 6 heteroatoms. The van der Waals surface area contributed by atoms with Crippen LogP contribution in [-0.2, 0) is 6.54 Å². The molecule has 2 N–H and O–H groups in total. The molecule has 0 fully saturated rings. The van der Waals surface area contributed by atoms with Crippen molar-refractivity contribution in [2.45, 2.75) is 13.0 Å². The molecule has 1 aromatic rings. The molecule has 4 nitrogen and oxygen atoms in total. The first kappa shape index (κ1) is 11.6. The van der Waals surface area contributed by atoms with E-state index in [0.29, 0.717) is 0 Å². The number of hydrogen-bond acceptors (Lipinski definition) is 4. The Kier molecular flexibility index (Phi) is 3.79. The molecule has 0 spiro atoms. The average molecular weight is 218 g/mol. The molecule has 0 atom stereocenters. The molecule has 1 aromatic heterocycles. The van der Waals surface area contributed by atoms with Crippen molar-refractivity contribution in [3.63, 3.8) is 0 Å². The third-order valence-electron chi connectivity index (χ3n) is 1.96. The molecule has 0 amide bonds. The van der Waals surface area contributed by atoms with Gasteiger partial charge in [-0.25, -0.2) is 13.8 Å². The van der Waals surface area contributed by atoms with E-state index in [-0.39, 0.29) is 29.3 Å². The Morgan fingerprint density at radius 1 is 1.40 bits per heavy atom. The standard InChI is InChI=1S/C9H12F2N2O2/c1-14-7-6(8(10)11)5(3-12)4-13-9(7)15-2/h4,8H,3,12H2,1-2H3. The smallest absolute Gasteiger partial charge is 0.267 e. The van der Waals surface area contributed by atoms with Gasteiger partial charge < -0.3 is 15.2 Å². The summed E-state index contributed by atoms with van der Waals surface area (Å²) in [5.74, 6) is -0.0274. The number of halogens is 2. The molecule has 0 aliphatic heterocycles. The summed E-state index contributed by atoms with van der Waals surface area (Å²) in [6.07, 6.45) is -1.40. The lowest BCUT2D eigenvalue weighted by atomic mass is 10.1. The van der Waals surface area contributed by atoms with Crippen molar-refractivity contribution in [1.29, 1.82) is 0 Å². The Labute approximate surface area is 86.0 Å². The predicted octanol–water partition coefficient (Wildman–Crippen LogP) is 1.50. The van der Waals surface area contributed by atoms with Crippen molar-refractivity contribution in [3.05, 3.63) is 17.3 Å². The molecule has 0 saturated heterocycles. The quantitative estimate of drug-likeness (QED) is 0.831. The molecule has 0 bridgehead atoms. The van der Waals surface area contributed by atoms with Crippen LogP contribution in [0, 0.1) is 0 Å². The fourth-order valence-corrected chi connectivity index (χ4v) is 1.27. The van der Waals surface area contributed by atoms with Gasteiger partial charge in [-0.1, -0.05) is 0 Å². The van der Waals surface area contributed by atoms with Gasteiger partial charge >= 0.3 is 0 Å². The van der Waals surface area contributed by atoms with Crippen LogP contribution in [0.2, 0.25) is 0 Å². The number of nitrogens with two attached hydrogens (primary N) is 1. The lowest BCUT2D eigenvalue weighted by Crippen LogP contribution is -2.07. The van der Waals surface area contributed by atoms with E-state index in [1.165, 1.54) is 20.4 Å². The van der Waals surface area contributed by atoms with Crippen LogP contribution in [0.25, 0.3) is 0 Å². The van der Waals surface area contributed by atoms with E-state index in [4.69, 9.17) is 15.2 Å². The second kappa shape index (κ2) is 4.88. The third kappa shape index (κ3) is 2.15. The fraction of sp³-hybridized carbons (Fsp3) is 0.444. The summed E-state index contributed by atoms with van der Waals surface area (Å²) in [5.41, 5.74) is 5.33. The topological polar surface area (TPSA) is 57.4 Å². The SMILES string of the molecule is COc1ncc(CN)c(C(F)F)c1OC. The normalized spacial score (nSPS) is 10.5. The lowest BCUT2D eigenvalue weighted by Gasteiger charge is -2.14. The van der Waals surface area contributed by atoms with E-state index in [1.807, 2.05) is 0 Å². The molecule has 0 aliphatic rings. The van der Waals surface area contributed by atoms with Gasteiger partial charge in [-0.05, 0) is 5.56 Å². The molecule has 1 rings (SSSR count). The molecule has 1 heterocycles. The summed E-state index contributed by atoms with van der Waals surface area (Å²) in [6, 6.07) is 0. The van der Waals surface area contributed by atoms with Gasteiger partial charge in [0.15, 0.2) is 5.75 Å². The maximum atomic E-state index is 12.8. The zero-order valence-corrected chi connectivity index (χ0v) is 8.46. The number of rotatable bonds is 4. The summed E-state index contributed by atoms with van der Waals surface area (Å²) < 4.78 is 35.2. The predicted molar refractivity (Wildman–Crippen MR) is 50.2 cm³/mol. The van der Waals surface area contributed by atoms with Crippen LogP contribution in [0.3, 0.4) is 0 Å². The van der Waals surface area contributed by atoms with Gasteiger partial charge in [0.25, 0.3) is 12.3 Å². The van der Waals surface area contributed by atoms with Crippen molar-refractivity contribution in [3.8, 4) is 11.6 Å². The van der Waals surface area contributed by atoms with Gasteiger partial charge in [0.1, 0.15) is 0 Å². The minimum Gasteiger partial charge on any atom is -0.491 e. The van der Waals surface area contributed by atoms with Crippen molar-refractivity contribution in [2.75, 3.05) is 14.2 Å². The number of nitrogens with zero attached hydrogens (tertiary/aromatic N) is 1. The van der Waals surface area contributed by atoms with Crippen LogP contribution in [0.15, 0.2) is 6.20 Å². The molecule has 0 radical (unpaired) electrons. The van der Waals surface area contributed by atoms with Crippen molar-refractivity contribution in [2.24, 2.45) is 5.73 Å². The maximum absolute atomic E-state index is 12.8. The molecule has 0 aliphatic carbocycles. The van der Waals surface area contributed by atoms with Crippen LogP contribution < -0.4 is 15.2 Å². The Bertz CT molecular complexity index is 345. The van der Waals surface area contributed by atoms with Crippen LogP contribution in [0.1, 0.15) is 17.6 Å². The van der Waals surface area contributed by atoms with E-state index >= 15 is 0 Å². The van der Waals surface area contributed by atoms with E-state index in [1.54, 1.807) is 0 Å². The highest BCUT2D eigenvalue weighted by atomic mass is 19.3. The number of alkyl halides is 2. The second-order valence-electron chi connectivity index (χ2n) is 2.74. The Morgan fingerprint density at radius 3 is 2.47 bits per heavy atom. The van der Waals surface area contributed by atoms with Gasteiger partial charge in [0.2, 0.25) is 0 Å². The van der Waals surface area contributed by atoms with Crippen LogP contribution in [0.4, 0.5) is 8.78 Å². The Morgan fingerprint density at radius 2 is 2.07 bits per heavy atom. The van der Waals surface area contributed by atoms with E-state index in [2.05, 4.69) is 4.98 Å². The van der Waals surface area contributed by atoms with Crippen LogP contribution >= 0.6 is 0 Å². The van der Waals surface area contributed by atoms with Gasteiger partial charge in [-0.2, -0.15) is 0 Å². The maximum Gasteiger partial charge on any atom is 0.267 e. The van der Waals surface area contributed by atoms with E-state index in [9.17, 15) is 8.78 Å². The highest BCUT2D eigenvalue weighted by Gasteiger charge is 2.22. The van der Waals surface area contributed by atoms with Gasteiger partial charge in [-0.3, -0.25) is 0 Å². The summed E-state index contributed by atoms with van der Waals surface area (Å²) in [5, 5.41) is 0. The summed E-state index contributed by atoms with van der Waals surface area (Å²) in [4.78, 5) is 3.82. The minimum atomic E-state index is -2.67. The highest BCUT2D eigenvalue weighted by Crippen LogP contribution is 2.37. The molecule has 0 aromatic carbocycles. The third-order valence-corrected chi connectivity index (χ3v) is 1.96. The molecule has 84 valence electrons. The van der Waals surface area contributed by atoms with E-state index in [0.717, 1.165) is 0 Å². The van der Waals surface area contributed by atoms with Crippen molar-refractivity contribution < 1.29 is 18.3 Å². The Hall–Kier alpha value is -1.43. The molecular weight excluding hydrogens is 206 g/mol. The van der Waals surface area contributed by atoms with Crippen molar-refractivity contribution >= 4 is 0 Å².